The molecule has 0 aromatic heterocycles. The number of nitrogens with one attached hydrogen (secondary N) is 2. The number of methoxy groups -OCH3 is 1. The molecule has 0 aliphatic carbocycles. The van der Waals surface area contributed by atoms with Gasteiger partial charge in [-0.1, -0.05) is 24.3 Å². The van der Waals surface area contributed by atoms with Crippen LogP contribution in [0.2, 0.25) is 0 Å². The molecular formula is C16H24N4O. The molecule has 2 rings (SSSR count). The van der Waals surface area contributed by atoms with Crippen LogP contribution in [0.4, 0.5) is 5.69 Å². The van der Waals surface area contributed by atoms with Crippen molar-refractivity contribution in [3.05, 3.63) is 42.0 Å². The molecule has 5 nitrogen and oxygen atoms in total. The molecule has 0 amide bonds. The lowest BCUT2D eigenvalue weighted by Gasteiger charge is -2.18. The van der Waals surface area contributed by atoms with Gasteiger partial charge in [0.2, 0.25) is 0 Å². The van der Waals surface area contributed by atoms with Crippen LogP contribution in [0.25, 0.3) is 0 Å². The molecule has 0 fully saturated rings. The summed E-state index contributed by atoms with van der Waals surface area (Å²) >= 11 is 0. The zero-order valence-corrected chi connectivity index (χ0v) is 12.8. The number of benzene rings is 1. The summed E-state index contributed by atoms with van der Waals surface area (Å²) in [6.45, 7) is 4.18. The van der Waals surface area contributed by atoms with E-state index in [2.05, 4.69) is 56.9 Å². The van der Waals surface area contributed by atoms with Crippen LogP contribution in [0.15, 0.2) is 41.4 Å². The van der Waals surface area contributed by atoms with Crippen LogP contribution in [0.1, 0.15) is 5.56 Å². The standard InChI is InChI=1S/C16H24N4O/c1-17-16(18-9-12-21-2)19-13-14-5-7-15(8-6-14)20-10-3-4-11-20/h3-8H,9-13H2,1-2H3,(H2,17,18,19). The second-order valence-electron chi connectivity index (χ2n) is 4.89. The quantitative estimate of drug-likeness (QED) is 0.359. The molecule has 2 N–H and O–H groups in total. The highest BCUT2D eigenvalue weighted by atomic mass is 16.5. The highest BCUT2D eigenvalue weighted by molar-refractivity contribution is 5.79. The molecule has 114 valence electrons. The summed E-state index contributed by atoms with van der Waals surface area (Å²) < 4.78 is 5.01. The Morgan fingerprint density at radius 2 is 1.90 bits per heavy atom. The Hall–Kier alpha value is -2.01. The van der Waals surface area contributed by atoms with Crippen LogP contribution in [-0.2, 0) is 11.3 Å². The van der Waals surface area contributed by atoms with Crippen LogP contribution < -0.4 is 15.5 Å². The molecule has 5 heteroatoms. The van der Waals surface area contributed by atoms with E-state index in [4.69, 9.17) is 4.74 Å². The van der Waals surface area contributed by atoms with Gasteiger partial charge < -0.3 is 20.3 Å². The number of ether oxygens (including phenoxy) is 1. The van der Waals surface area contributed by atoms with Gasteiger partial charge in [-0.15, -0.1) is 0 Å². The Kier molecular flexibility index (Phi) is 6.09. The minimum absolute atomic E-state index is 0.666. The summed E-state index contributed by atoms with van der Waals surface area (Å²) in [5.41, 5.74) is 2.51. The maximum Gasteiger partial charge on any atom is 0.191 e. The maximum absolute atomic E-state index is 5.01. The first-order valence-corrected chi connectivity index (χ1v) is 7.26. The Bertz CT molecular complexity index is 474. The smallest absolute Gasteiger partial charge is 0.191 e. The predicted octanol–water partition coefficient (Wildman–Crippen LogP) is 1.37. The van der Waals surface area contributed by atoms with E-state index in [9.17, 15) is 0 Å². The maximum atomic E-state index is 5.01. The van der Waals surface area contributed by atoms with Gasteiger partial charge in [0.1, 0.15) is 0 Å². The molecule has 0 spiro atoms. The van der Waals surface area contributed by atoms with Crippen LogP contribution in [0, 0.1) is 0 Å². The molecule has 1 aliphatic rings. The lowest BCUT2D eigenvalue weighted by atomic mass is 10.2. The van der Waals surface area contributed by atoms with Gasteiger partial charge >= 0.3 is 0 Å². The molecule has 0 atom stereocenters. The summed E-state index contributed by atoms with van der Waals surface area (Å²) in [7, 11) is 3.46. The van der Waals surface area contributed by atoms with Gasteiger partial charge in [0.15, 0.2) is 5.96 Å². The van der Waals surface area contributed by atoms with Crippen molar-refractivity contribution in [1.82, 2.24) is 10.6 Å². The van der Waals surface area contributed by atoms with Crippen molar-refractivity contribution in [2.24, 2.45) is 4.99 Å². The third kappa shape index (κ3) is 4.79. The monoisotopic (exact) mass is 288 g/mol. The van der Waals surface area contributed by atoms with Crippen LogP contribution in [-0.4, -0.2) is 46.4 Å². The van der Waals surface area contributed by atoms with Crippen LogP contribution in [0.3, 0.4) is 0 Å². The van der Waals surface area contributed by atoms with Crippen molar-refractivity contribution in [2.45, 2.75) is 6.54 Å². The minimum atomic E-state index is 0.666. The Morgan fingerprint density at radius 1 is 1.19 bits per heavy atom. The first kappa shape index (κ1) is 15.4. The third-order valence-electron chi connectivity index (χ3n) is 3.40. The van der Waals surface area contributed by atoms with Crippen molar-refractivity contribution >= 4 is 11.6 Å². The van der Waals surface area contributed by atoms with E-state index >= 15 is 0 Å². The van der Waals surface area contributed by atoms with Gasteiger partial charge in [0, 0.05) is 46.0 Å². The number of anilines is 1. The number of rotatable bonds is 6. The normalized spacial score (nSPS) is 14.6. The Labute approximate surface area is 126 Å². The summed E-state index contributed by atoms with van der Waals surface area (Å²) in [6, 6.07) is 8.66. The molecule has 1 aliphatic heterocycles. The molecule has 1 heterocycles. The largest absolute Gasteiger partial charge is 0.383 e. The highest BCUT2D eigenvalue weighted by Crippen LogP contribution is 2.17. The van der Waals surface area contributed by atoms with Crippen LogP contribution >= 0.6 is 0 Å². The summed E-state index contributed by atoms with van der Waals surface area (Å²) in [5, 5.41) is 6.49. The lowest BCUT2D eigenvalue weighted by Crippen LogP contribution is -2.38. The fourth-order valence-electron chi connectivity index (χ4n) is 2.19. The number of nitrogens with zero attached hydrogens (tertiary/aromatic N) is 2. The SMILES string of the molecule is CN=C(NCCOC)NCc1ccc(N2CC=CC2)cc1. The summed E-state index contributed by atoms with van der Waals surface area (Å²) in [6.07, 6.45) is 4.40. The van der Waals surface area contributed by atoms with E-state index in [-0.39, 0.29) is 0 Å². The predicted molar refractivity (Wildman–Crippen MR) is 87.9 cm³/mol. The zero-order valence-electron chi connectivity index (χ0n) is 12.8. The van der Waals surface area contributed by atoms with E-state index in [1.165, 1.54) is 11.3 Å². The van der Waals surface area contributed by atoms with Crippen LogP contribution in [0.5, 0.6) is 0 Å². The minimum Gasteiger partial charge on any atom is -0.383 e. The Balaban J connectivity index is 1.79. The topological polar surface area (TPSA) is 48.9 Å². The van der Waals surface area contributed by atoms with E-state index in [0.29, 0.717) is 6.61 Å². The van der Waals surface area contributed by atoms with E-state index in [1.54, 1.807) is 14.2 Å². The molecule has 1 aromatic rings. The van der Waals surface area contributed by atoms with Gasteiger partial charge in [-0.05, 0) is 17.7 Å². The number of hydrogen-bond donors (Lipinski definition) is 2. The molecule has 0 bridgehead atoms. The van der Waals surface area contributed by atoms with Gasteiger partial charge in [0.05, 0.1) is 6.61 Å². The van der Waals surface area contributed by atoms with Gasteiger partial charge in [-0.3, -0.25) is 4.99 Å². The summed E-state index contributed by atoms with van der Waals surface area (Å²) in [4.78, 5) is 6.51. The molecule has 0 saturated heterocycles. The first-order chi connectivity index (χ1) is 10.3. The second kappa shape index (κ2) is 8.32. The van der Waals surface area contributed by atoms with Gasteiger partial charge in [-0.25, -0.2) is 0 Å². The van der Waals surface area contributed by atoms with Crippen molar-refractivity contribution in [2.75, 3.05) is 45.3 Å². The van der Waals surface area contributed by atoms with Crippen molar-refractivity contribution in [1.29, 1.82) is 0 Å². The average Bonchev–Trinajstić information content (AvgIpc) is 3.06. The van der Waals surface area contributed by atoms with Crippen molar-refractivity contribution in [3.63, 3.8) is 0 Å². The number of aliphatic imine (C=N–C) groups is 1. The number of guanidine groups is 1. The van der Waals surface area contributed by atoms with Crippen molar-refractivity contribution < 1.29 is 4.74 Å². The molecule has 21 heavy (non-hydrogen) atoms. The lowest BCUT2D eigenvalue weighted by molar-refractivity contribution is 0.203. The fourth-order valence-corrected chi connectivity index (χ4v) is 2.19. The van der Waals surface area contributed by atoms with Gasteiger partial charge in [0.25, 0.3) is 0 Å². The van der Waals surface area contributed by atoms with E-state index in [1.807, 2.05) is 0 Å². The Morgan fingerprint density at radius 3 is 2.52 bits per heavy atom. The molecule has 0 unspecified atom stereocenters. The highest BCUT2D eigenvalue weighted by Gasteiger charge is 2.07. The van der Waals surface area contributed by atoms with Crippen molar-refractivity contribution in [3.8, 4) is 0 Å². The zero-order chi connectivity index (χ0) is 14.9. The molecule has 0 radical (unpaired) electrons. The first-order valence-electron chi connectivity index (χ1n) is 7.26. The van der Waals surface area contributed by atoms with Gasteiger partial charge in [-0.2, -0.15) is 0 Å². The molecule has 0 saturated carbocycles. The summed E-state index contributed by atoms with van der Waals surface area (Å²) in [5.74, 6) is 0.792. The second-order valence-corrected chi connectivity index (χ2v) is 4.89. The third-order valence-corrected chi connectivity index (χ3v) is 3.40. The molecule has 1 aromatic carbocycles. The average molecular weight is 288 g/mol. The van der Waals surface area contributed by atoms with E-state index < -0.39 is 0 Å². The fraction of sp³-hybridized carbons (Fsp3) is 0.438. The van der Waals surface area contributed by atoms with E-state index in [0.717, 1.165) is 32.1 Å². The molecular weight excluding hydrogens is 264 g/mol. The number of hydrogen-bond acceptors (Lipinski definition) is 3.